The van der Waals surface area contributed by atoms with Gasteiger partial charge in [-0.15, -0.1) is 11.3 Å². The van der Waals surface area contributed by atoms with Gasteiger partial charge >= 0.3 is 5.97 Å². The second-order valence-corrected chi connectivity index (χ2v) is 6.77. The lowest BCUT2D eigenvalue weighted by atomic mass is 10.1. The Hall–Kier alpha value is -3.39. The van der Waals surface area contributed by atoms with E-state index in [0.29, 0.717) is 33.1 Å². The van der Waals surface area contributed by atoms with E-state index < -0.39 is 12.6 Å². The summed E-state index contributed by atoms with van der Waals surface area (Å²) < 4.78 is 11.5. The average Bonchev–Trinajstić information content (AvgIpc) is 3.05. The lowest BCUT2D eigenvalue weighted by molar-refractivity contribution is -0.139. The van der Waals surface area contributed by atoms with Gasteiger partial charge in [-0.25, -0.2) is 9.78 Å². The summed E-state index contributed by atoms with van der Waals surface area (Å²) in [5, 5.41) is 10.2. The molecule has 2 N–H and O–H groups in total. The second kappa shape index (κ2) is 6.73. The number of aromatic amines is 1. The molecule has 2 aromatic carbocycles. The standard InChI is InChI=1S/C19H14N2O5S/c1-25-13-8-10(6-7-12(13)26-9-15(22)23)17-20-18(24)16-11-4-2-3-5-14(11)27-19(16)21-17/h2-8H,9H2,1H3,(H,22,23)(H,20,21,24). The van der Waals surface area contributed by atoms with Crippen molar-refractivity contribution in [2.24, 2.45) is 0 Å². The van der Waals surface area contributed by atoms with E-state index in [2.05, 4.69) is 9.97 Å². The maximum absolute atomic E-state index is 12.6. The van der Waals surface area contributed by atoms with Gasteiger partial charge in [0.1, 0.15) is 10.7 Å². The molecule has 4 rings (SSSR count). The lowest BCUT2D eigenvalue weighted by Crippen LogP contribution is -2.10. The van der Waals surface area contributed by atoms with Gasteiger partial charge in [-0.2, -0.15) is 0 Å². The number of benzene rings is 2. The lowest BCUT2D eigenvalue weighted by Gasteiger charge is -2.10. The fourth-order valence-corrected chi connectivity index (χ4v) is 3.92. The van der Waals surface area contributed by atoms with Gasteiger partial charge in [0.2, 0.25) is 0 Å². The number of methoxy groups -OCH3 is 1. The smallest absolute Gasteiger partial charge is 0.341 e. The van der Waals surface area contributed by atoms with E-state index in [1.807, 2.05) is 24.3 Å². The number of carboxylic acid groups (broad SMARTS) is 1. The molecule has 0 radical (unpaired) electrons. The van der Waals surface area contributed by atoms with Crippen LogP contribution in [0.2, 0.25) is 0 Å². The van der Waals surface area contributed by atoms with Crippen molar-refractivity contribution in [3.05, 3.63) is 52.8 Å². The number of hydrogen-bond acceptors (Lipinski definition) is 6. The topological polar surface area (TPSA) is 102 Å². The molecule has 0 aliphatic heterocycles. The molecular formula is C19H14N2O5S. The summed E-state index contributed by atoms with van der Waals surface area (Å²) >= 11 is 1.46. The van der Waals surface area contributed by atoms with E-state index >= 15 is 0 Å². The molecule has 136 valence electrons. The number of rotatable bonds is 5. The maximum atomic E-state index is 12.6. The third kappa shape index (κ3) is 3.11. The number of aromatic nitrogens is 2. The molecule has 2 aromatic heterocycles. The zero-order valence-electron chi connectivity index (χ0n) is 14.2. The Morgan fingerprint density at radius 2 is 2.04 bits per heavy atom. The summed E-state index contributed by atoms with van der Waals surface area (Å²) in [4.78, 5) is 31.4. The van der Waals surface area contributed by atoms with Gasteiger partial charge in [-0.3, -0.25) is 4.79 Å². The molecule has 0 unspecified atom stereocenters. The molecule has 27 heavy (non-hydrogen) atoms. The molecular weight excluding hydrogens is 368 g/mol. The number of nitrogens with one attached hydrogen (secondary N) is 1. The number of carbonyl (C=O) groups is 1. The summed E-state index contributed by atoms with van der Waals surface area (Å²) in [5.41, 5.74) is 0.420. The first-order valence-corrected chi connectivity index (χ1v) is 8.83. The van der Waals surface area contributed by atoms with Gasteiger partial charge in [-0.05, 0) is 24.3 Å². The van der Waals surface area contributed by atoms with Crippen LogP contribution in [0.5, 0.6) is 11.5 Å². The Morgan fingerprint density at radius 3 is 2.81 bits per heavy atom. The zero-order chi connectivity index (χ0) is 19.0. The van der Waals surface area contributed by atoms with E-state index in [4.69, 9.17) is 14.6 Å². The highest BCUT2D eigenvalue weighted by Crippen LogP contribution is 2.34. The molecule has 7 nitrogen and oxygen atoms in total. The third-order valence-corrected chi connectivity index (χ3v) is 5.10. The van der Waals surface area contributed by atoms with Crippen LogP contribution in [0.1, 0.15) is 0 Å². The number of H-pyrrole nitrogens is 1. The van der Waals surface area contributed by atoms with Crippen LogP contribution in [-0.4, -0.2) is 34.8 Å². The number of fused-ring (bicyclic) bond motifs is 3. The number of thiophene rings is 1. The minimum atomic E-state index is -1.08. The minimum absolute atomic E-state index is 0.211. The van der Waals surface area contributed by atoms with Crippen LogP contribution in [0, 0.1) is 0 Å². The van der Waals surface area contributed by atoms with Crippen LogP contribution >= 0.6 is 11.3 Å². The predicted molar refractivity (Wildman–Crippen MR) is 103 cm³/mol. The highest BCUT2D eigenvalue weighted by atomic mass is 32.1. The Balaban J connectivity index is 1.81. The van der Waals surface area contributed by atoms with Crippen molar-refractivity contribution in [2.75, 3.05) is 13.7 Å². The maximum Gasteiger partial charge on any atom is 0.341 e. The molecule has 4 aromatic rings. The molecule has 0 saturated heterocycles. The van der Waals surface area contributed by atoms with Crippen LogP contribution in [0.25, 0.3) is 31.7 Å². The molecule has 0 amide bonds. The number of nitrogens with zero attached hydrogens (tertiary/aromatic N) is 1. The van der Waals surface area contributed by atoms with E-state index in [1.54, 1.807) is 18.2 Å². The van der Waals surface area contributed by atoms with Crippen molar-refractivity contribution in [2.45, 2.75) is 0 Å². The van der Waals surface area contributed by atoms with Crippen LogP contribution < -0.4 is 15.0 Å². The van der Waals surface area contributed by atoms with Crippen molar-refractivity contribution >= 4 is 37.6 Å². The second-order valence-electron chi connectivity index (χ2n) is 5.74. The number of aliphatic carboxylic acids is 1. The highest BCUT2D eigenvalue weighted by molar-refractivity contribution is 7.25. The number of carboxylic acids is 1. The predicted octanol–water partition coefficient (Wildman–Crippen LogP) is 3.28. The van der Waals surface area contributed by atoms with Gasteiger partial charge in [0, 0.05) is 15.6 Å². The molecule has 0 bridgehead atoms. The van der Waals surface area contributed by atoms with Crippen molar-refractivity contribution in [1.82, 2.24) is 9.97 Å². The average molecular weight is 382 g/mol. The van der Waals surface area contributed by atoms with Gasteiger partial charge < -0.3 is 19.6 Å². The normalized spacial score (nSPS) is 11.0. The first kappa shape index (κ1) is 17.0. The first-order chi connectivity index (χ1) is 13.1. The summed E-state index contributed by atoms with van der Waals surface area (Å²) in [6, 6.07) is 12.6. The van der Waals surface area contributed by atoms with Crippen LogP contribution in [0.15, 0.2) is 47.3 Å². The van der Waals surface area contributed by atoms with Crippen LogP contribution in [-0.2, 0) is 4.79 Å². The molecule has 8 heteroatoms. The summed E-state index contributed by atoms with van der Waals surface area (Å²) in [5.74, 6) is -0.0220. The van der Waals surface area contributed by atoms with Gasteiger partial charge in [0.25, 0.3) is 5.56 Å². The highest BCUT2D eigenvalue weighted by Gasteiger charge is 2.14. The van der Waals surface area contributed by atoms with Crippen molar-refractivity contribution < 1.29 is 19.4 Å². The Labute approximate surface area is 156 Å². The van der Waals surface area contributed by atoms with E-state index in [9.17, 15) is 9.59 Å². The SMILES string of the molecule is COc1cc(-c2nc3sc4ccccc4c3c(=O)[nH]2)ccc1OCC(=O)O. The largest absolute Gasteiger partial charge is 0.493 e. The quantitative estimate of drug-likeness (QED) is 0.549. The van der Waals surface area contributed by atoms with Gasteiger partial charge in [0.15, 0.2) is 18.1 Å². The molecule has 0 atom stereocenters. The van der Waals surface area contributed by atoms with Crippen molar-refractivity contribution in [1.29, 1.82) is 0 Å². The molecule has 0 spiro atoms. The fraction of sp³-hybridized carbons (Fsp3) is 0.105. The van der Waals surface area contributed by atoms with Gasteiger partial charge in [-0.1, -0.05) is 18.2 Å². The van der Waals surface area contributed by atoms with Crippen LogP contribution in [0.4, 0.5) is 0 Å². The molecule has 0 aliphatic rings. The summed E-state index contributed by atoms with van der Waals surface area (Å²) in [6.07, 6.45) is 0. The molecule has 2 heterocycles. The fourth-order valence-electron chi connectivity index (χ4n) is 2.84. The van der Waals surface area contributed by atoms with Crippen molar-refractivity contribution in [3.8, 4) is 22.9 Å². The Morgan fingerprint density at radius 1 is 1.22 bits per heavy atom. The monoisotopic (exact) mass is 382 g/mol. The molecule has 0 aliphatic carbocycles. The number of ether oxygens (including phenoxy) is 2. The first-order valence-electron chi connectivity index (χ1n) is 8.01. The minimum Gasteiger partial charge on any atom is -0.493 e. The van der Waals surface area contributed by atoms with E-state index in [-0.39, 0.29) is 5.56 Å². The summed E-state index contributed by atoms with van der Waals surface area (Å²) in [6.45, 7) is -0.474. The number of hydrogen-bond donors (Lipinski definition) is 2. The van der Waals surface area contributed by atoms with E-state index in [0.717, 1.165) is 10.1 Å². The third-order valence-electron chi connectivity index (χ3n) is 4.04. The zero-order valence-corrected chi connectivity index (χ0v) is 15.0. The summed E-state index contributed by atoms with van der Waals surface area (Å²) in [7, 11) is 1.46. The molecule has 0 fully saturated rings. The Bertz CT molecular complexity index is 1230. The molecule has 0 saturated carbocycles. The Kier molecular flexibility index (Phi) is 4.25. The van der Waals surface area contributed by atoms with E-state index in [1.165, 1.54) is 18.4 Å². The van der Waals surface area contributed by atoms with Gasteiger partial charge in [0.05, 0.1) is 12.5 Å². The van der Waals surface area contributed by atoms with Crippen LogP contribution in [0.3, 0.4) is 0 Å². The van der Waals surface area contributed by atoms with Crippen molar-refractivity contribution in [3.63, 3.8) is 0 Å².